The second-order valence-electron chi connectivity index (χ2n) is 6.57. The average Bonchev–Trinajstić information content (AvgIpc) is 3.02. The van der Waals surface area contributed by atoms with E-state index in [0.717, 1.165) is 16.9 Å². The zero-order chi connectivity index (χ0) is 21.1. The van der Waals surface area contributed by atoms with Crippen molar-refractivity contribution in [2.45, 2.75) is 19.8 Å². The van der Waals surface area contributed by atoms with Crippen LogP contribution in [0.25, 0.3) is 17.3 Å². The number of nitrogens with zero attached hydrogens (tertiary/aromatic N) is 3. The summed E-state index contributed by atoms with van der Waals surface area (Å²) in [5.74, 6) is 0.349. The van der Waals surface area contributed by atoms with Gasteiger partial charge in [-0.15, -0.1) is 11.3 Å². The molecule has 0 saturated heterocycles. The van der Waals surface area contributed by atoms with Crippen molar-refractivity contribution in [2.24, 2.45) is 0 Å². The van der Waals surface area contributed by atoms with Crippen LogP contribution >= 0.6 is 34.5 Å². The van der Waals surface area contributed by atoms with Crippen molar-refractivity contribution in [3.8, 4) is 17.8 Å². The quantitative estimate of drug-likeness (QED) is 0.608. The van der Waals surface area contributed by atoms with Gasteiger partial charge >= 0.3 is 0 Å². The monoisotopic (exact) mass is 439 g/mol. The minimum Gasteiger partial charge on any atom is -0.267 e. The summed E-state index contributed by atoms with van der Waals surface area (Å²) in [7, 11) is 0. The third-order valence-corrected chi connectivity index (χ3v) is 6.15. The molecule has 0 aliphatic carbocycles. The highest BCUT2D eigenvalue weighted by Gasteiger charge is 2.12. The SMILES string of the molecule is CC(C)c1ccc(-n2c(=C(C#N)C#N)sc(=Cc3ccc(Cl)c(Cl)c3)c2=O)cc1. The van der Waals surface area contributed by atoms with Crippen LogP contribution in [-0.2, 0) is 0 Å². The molecule has 2 aromatic carbocycles. The molecule has 0 aliphatic rings. The molecule has 0 amide bonds. The highest BCUT2D eigenvalue weighted by molar-refractivity contribution is 7.07. The van der Waals surface area contributed by atoms with Gasteiger partial charge in [0.1, 0.15) is 16.8 Å². The van der Waals surface area contributed by atoms with Crippen LogP contribution in [0.5, 0.6) is 0 Å². The first-order chi connectivity index (χ1) is 13.8. The van der Waals surface area contributed by atoms with Gasteiger partial charge in [-0.2, -0.15) is 10.5 Å². The van der Waals surface area contributed by atoms with E-state index in [4.69, 9.17) is 23.2 Å². The fourth-order valence-corrected chi connectivity index (χ4v) is 4.13. The summed E-state index contributed by atoms with van der Waals surface area (Å²) in [6, 6.07) is 16.3. The summed E-state index contributed by atoms with van der Waals surface area (Å²) in [4.78, 5) is 13.2. The lowest BCUT2D eigenvalue weighted by molar-refractivity contribution is 0.864. The Bertz CT molecular complexity index is 1320. The van der Waals surface area contributed by atoms with Crippen LogP contribution in [0.3, 0.4) is 0 Å². The van der Waals surface area contributed by atoms with Gasteiger partial charge in [0.25, 0.3) is 5.56 Å². The van der Waals surface area contributed by atoms with Crippen LogP contribution in [0.2, 0.25) is 10.0 Å². The molecule has 3 aromatic rings. The van der Waals surface area contributed by atoms with Crippen LogP contribution in [0.4, 0.5) is 0 Å². The van der Waals surface area contributed by atoms with Crippen LogP contribution in [0.1, 0.15) is 30.9 Å². The lowest BCUT2D eigenvalue weighted by Crippen LogP contribution is -2.30. The Morgan fingerprint density at radius 1 is 1.07 bits per heavy atom. The third-order valence-electron chi connectivity index (χ3n) is 4.32. The first-order valence-electron chi connectivity index (χ1n) is 8.69. The smallest absolute Gasteiger partial charge is 0.267 e. The predicted molar refractivity (Wildman–Crippen MR) is 118 cm³/mol. The third kappa shape index (κ3) is 4.28. The van der Waals surface area contributed by atoms with Gasteiger partial charge in [0.05, 0.1) is 20.3 Å². The molecule has 0 fully saturated rings. The van der Waals surface area contributed by atoms with E-state index >= 15 is 0 Å². The molecule has 7 heteroatoms. The minimum atomic E-state index is -0.309. The Morgan fingerprint density at radius 2 is 1.72 bits per heavy atom. The molecule has 3 rings (SSSR count). The number of benzene rings is 2. The van der Waals surface area contributed by atoms with E-state index in [9.17, 15) is 15.3 Å². The van der Waals surface area contributed by atoms with Crippen molar-refractivity contribution in [1.29, 1.82) is 10.5 Å². The lowest BCUT2D eigenvalue weighted by atomic mass is 10.0. The molecular weight excluding hydrogens is 425 g/mol. The molecule has 0 saturated carbocycles. The maximum Gasteiger partial charge on any atom is 0.273 e. The molecule has 1 heterocycles. The number of hydrogen-bond acceptors (Lipinski definition) is 4. The summed E-state index contributed by atoms with van der Waals surface area (Å²) in [5.41, 5.74) is 2.00. The van der Waals surface area contributed by atoms with E-state index in [0.29, 0.717) is 36.4 Å². The normalized spacial score (nSPS) is 11.3. The first-order valence-corrected chi connectivity index (χ1v) is 10.3. The van der Waals surface area contributed by atoms with Crippen molar-refractivity contribution in [1.82, 2.24) is 4.57 Å². The highest BCUT2D eigenvalue weighted by atomic mass is 35.5. The molecule has 0 unspecified atom stereocenters. The van der Waals surface area contributed by atoms with Gasteiger partial charge in [-0.25, -0.2) is 0 Å². The van der Waals surface area contributed by atoms with Gasteiger partial charge in [0.15, 0.2) is 5.57 Å². The molecule has 1 aromatic heterocycles. The standard InChI is InChI=1S/C22H15Cl2N3OS/c1-13(2)15-4-6-17(7-5-15)27-21(28)20(29-22(27)16(11-25)12-26)10-14-3-8-18(23)19(24)9-14/h3-10,13H,1-2H3. The highest BCUT2D eigenvalue weighted by Crippen LogP contribution is 2.22. The van der Waals surface area contributed by atoms with Crippen molar-refractivity contribution >= 4 is 46.2 Å². The molecule has 0 aliphatic heterocycles. The van der Waals surface area contributed by atoms with Gasteiger partial charge in [-0.3, -0.25) is 9.36 Å². The number of halogens is 2. The van der Waals surface area contributed by atoms with Crippen molar-refractivity contribution in [3.63, 3.8) is 0 Å². The Hall–Kier alpha value is -2.83. The number of aromatic nitrogens is 1. The lowest BCUT2D eigenvalue weighted by Gasteiger charge is -2.07. The Balaban J connectivity index is 2.31. The van der Waals surface area contributed by atoms with Gasteiger partial charge in [-0.1, -0.05) is 55.2 Å². The van der Waals surface area contributed by atoms with Crippen molar-refractivity contribution in [3.05, 3.63) is 83.2 Å². The number of hydrogen-bond donors (Lipinski definition) is 0. The maximum absolute atomic E-state index is 13.2. The molecule has 29 heavy (non-hydrogen) atoms. The second-order valence-corrected chi connectivity index (χ2v) is 8.42. The Morgan fingerprint density at radius 3 is 2.28 bits per heavy atom. The summed E-state index contributed by atoms with van der Waals surface area (Å²) < 4.78 is 2.08. The average molecular weight is 440 g/mol. The zero-order valence-corrected chi connectivity index (χ0v) is 17.9. The fraction of sp³-hybridized carbons (Fsp3) is 0.136. The van der Waals surface area contributed by atoms with Gasteiger partial charge in [0.2, 0.25) is 0 Å². The molecule has 0 N–H and O–H groups in total. The van der Waals surface area contributed by atoms with Gasteiger partial charge < -0.3 is 0 Å². The molecule has 4 nitrogen and oxygen atoms in total. The number of nitriles is 2. The molecule has 144 valence electrons. The van der Waals surface area contributed by atoms with Gasteiger partial charge in [0, 0.05) is 0 Å². The molecule has 0 spiro atoms. The first kappa shape index (κ1) is 20.9. The van der Waals surface area contributed by atoms with Crippen LogP contribution in [0, 0.1) is 22.7 Å². The second kappa shape index (κ2) is 8.68. The van der Waals surface area contributed by atoms with Crippen LogP contribution in [-0.4, -0.2) is 4.57 Å². The summed E-state index contributed by atoms with van der Waals surface area (Å²) >= 11 is 13.1. The maximum atomic E-state index is 13.2. The number of thiazole rings is 1. The topological polar surface area (TPSA) is 69.6 Å². The van der Waals surface area contributed by atoms with Crippen molar-refractivity contribution in [2.75, 3.05) is 0 Å². The fourth-order valence-electron chi connectivity index (χ4n) is 2.77. The summed E-state index contributed by atoms with van der Waals surface area (Å²) in [6.45, 7) is 4.16. The van der Waals surface area contributed by atoms with Crippen LogP contribution < -0.4 is 14.8 Å². The minimum absolute atomic E-state index is 0.117. The van der Waals surface area contributed by atoms with E-state index in [1.807, 2.05) is 36.4 Å². The molecule has 0 bridgehead atoms. The largest absolute Gasteiger partial charge is 0.273 e. The molecule has 0 atom stereocenters. The van der Waals surface area contributed by atoms with E-state index in [2.05, 4.69) is 13.8 Å². The van der Waals surface area contributed by atoms with E-state index in [1.54, 1.807) is 24.3 Å². The van der Waals surface area contributed by atoms with Crippen LogP contribution in [0.15, 0.2) is 47.3 Å². The van der Waals surface area contributed by atoms with E-state index in [-0.39, 0.29) is 11.1 Å². The van der Waals surface area contributed by atoms with E-state index in [1.165, 1.54) is 4.57 Å². The predicted octanol–water partition coefficient (Wildman–Crippen LogP) is 4.36. The Labute approximate surface area is 181 Å². The van der Waals surface area contributed by atoms with E-state index < -0.39 is 0 Å². The zero-order valence-electron chi connectivity index (χ0n) is 15.6. The summed E-state index contributed by atoms with van der Waals surface area (Å²) in [6.07, 6.45) is 1.67. The summed E-state index contributed by atoms with van der Waals surface area (Å²) in [5, 5.41) is 19.5. The van der Waals surface area contributed by atoms with Crippen molar-refractivity contribution < 1.29 is 0 Å². The molecular formula is C22H15Cl2N3OS. The number of rotatable bonds is 3. The molecule has 0 radical (unpaired) electrons. The van der Waals surface area contributed by atoms with Gasteiger partial charge in [-0.05, 0) is 47.4 Å². The Kier molecular flexibility index (Phi) is 6.25.